The van der Waals surface area contributed by atoms with Crippen molar-refractivity contribution in [2.75, 3.05) is 7.05 Å². The largest absolute Gasteiger partial charge is 0.281 e. The molecular weight excluding hydrogens is 293 g/mol. The van der Waals surface area contributed by atoms with Crippen LogP contribution in [-0.2, 0) is 11.2 Å². The summed E-state index contributed by atoms with van der Waals surface area (Å²) in [5.41, 5.74) is 1.48. The highest BCUT2D eigenvalue weighted by molar-refractivity contribution is 14.1. The Morgan fingerprint density at radius 3 is 2.79 bits per heavy atom. The van der Waals surface area contributed by atoms with Crippen molar-refractivity contribution >= 4 is 34.4 Å². The number of hydrogen-bond acceptors (Lipinski definition) is 2. The molecule has 0 saturated carbocycles. The number of carbonyl (C=O) groups excluding carboxylic acids is 2. The molecule has 3 nitrogen and oxygen atoms in total. The lowest BCUT2D eigenvalue weighted by Crippen LogP contribution is -2.39. The Labute approximate surface area is 95.2 Å². The first-order chi connectivity index (χ1) is 6.59. The molecule has 1 aromatic rings. The Morgan fingerprint density at radius 2 is 2.07 bits per heavy atom. The number of nitrogens with zero attached hydrogens (tertiary/aromatic N) is 1. The summed E-state index contributed by atoms with van der Waals surface area (Å²) < 4.78 is 1.01. The molecule has 2 rings (SSSR count). The summed E-state index contributed by atoms with van der Waals surface area (Å²) in [6.45, 7) is 0. The average molecular weight is 301 g/mol. The molecule has 72 valence electrons. The first-order valence-corrected chi connectivity index (χ1v) is 5.27. The molecule has 1 aromatic carbocycles. The summed E-state index contributed by atoms with van der Waals surface area (Å²) in [7, 11) is 1.52. The predicted molar refractivity (Wildman–Crippen MR) is 60.0 cm³/mol. The van der Waals surface area contributed by atoms with Crippen LogP contribution in [0.3, 0.4) is 0 Å². The van der Waals surface area contributed by atoms with Crippen LogP contribution in [0.15, 0.2) is 18.2 Å². The zero-order valence-corrected chi connectivity index (χ0v) is 9.74. The lowest BCUT2D eigenvalue weighted by molar-refractivity contribution is -0.127. The van der Waals surface area contributed by atoms with Gasteiger partial charge in [-0.2, -0.15) is 0 Å². The summed E-state index contributed by atoms with van der Waals surface area (Å²) in [6, 6.07) is 5.58. The Balaban J connectivity index is 2.57. The molecule has 14 heavy (non-hydrogen) atoms. The van der Waals surface area contributed by atoms with Crippen LogP contribution in [0.25, 0.3) is 0 Å². The molecule has 0 bridgehead atoms. The molecule has 4 heteroatoms. The maximum atomic E-state index is 11.7. The highest BCUT2D eigenvalue weighted by Gasteiger charge is 2.27. The van der Waals surface area contributed by atoms with E-state index in [1.54, 1.807) is 0 Å². The second kappa shape index (κ2) is 3.34. The molecule has 0 spiro atoms. The second-order valence-electron chi connectivity index (χ2n) is 3.24. The Hall–Kier alpha value is -0.910. The van der Waals surface area contributed by atoms with Gasteiger partial charge in [0.25, 0.3) is 5.91 Å². The Kier molecular flexibility index (Phi) is 2.30. The van der Waals surface area contributed by atoms with Gasteiger partial charge in [0.1, 0.15) is 0 Å². The van der Waals surface area contributed by atoms with Crippen molar-refractivity contribution in [3.8, 4) is 0 Å². The number of hydrogen-bond donors (Lipinski definition) is 0. The molecule has 0 aliphatic carbocycles. The third kappa shape index (κ3) is 1.43. The standard InChI is InChI=1S/C10H8INO2/c1-12-9(13)4-6-2-3-7(11)5-8(6)10(12)14/h2-3,5H,4H2,1H3. The second-order valence-corrected chi connectivity index (χ2v) is 4.48. The van der Waals surface area contributed by atoms with E-state index in [1.807, 2.05) is 18.2 Å². The first kappa shape index (κ1) is 9.64. The molecule has 1 aliphatic heterocycles. The normalized spacial score (nSPS) is 15.7. The Morgan fingerprint density at radius 1 is 1.36 bits per heavy atom. The maximum Gasteiger partial charge on any atom is 0.260 e. The van der Waals surface area contributed by atoms with Gasteiger partial charge in [-0.1, -0.05) is 6.07 Å². The highest BCUT2D eigenvalue weighted by atomic mass is 127. The fourth-order valence-corrected chi connectivity index (χ4v) is 1.97. The van der Waals surface area contributed by atoms with E-state index in [0.717, 1.165) is 9.13 Å². The van der Waals surface area contributed by atoms with Gasteiger partial charge < -0.3 is 0 Å². The van der Waals surface area contributed by atoms with E-state index in [9.17, 15) is 9.59 Å². The van der Waals surface area contributed by atoms with Gasteiger partial charge in [0, 0.05) is 16.2 Å². The molecular formula is C10H8INO2. The van der Waals surface area contributed by atoms with Crippen molar-refractivity contribution in [3.05, 3.63) is 32.9 Å². The van der Waals surface area contributed by atoms with Crippen LogP contribution in [0.4, 0.5) is 0 Å². The van der Waals surface area contributed by atoms with Crippen molar-refractivity contribution in [2.24, 2.45) is 0 Å². The number of amides is 2. The summed E-state index contributed by atoms with van der Waals surface area (Å²) >= 11 is 2.15. The molecule has 0 unspecified atom stereocenters. The summed E-state index contributed by atoms with van der Waals surface area (Å²) in [5.74, 6) is -0.335. The van der Waals surface area contributed by atoms with Crippen molar-refractivity contribution in [1.82, 2.24) is 4.90 Å². The van der Waals surface area contributed by atoms with Crippen LogP contribution < -0.4 is 0 Å². The van der Waals surface area contributed by atoms with E-state index in [-0.39, 0.29) is 11.8 Å². The highest BCUT2D eigenvalue weighted by Crippen LogP contribution is 2.20. The number of fused-ring (bicyclic) bond motifs is 1. The topological polar surface area (TPSA) is 37.4 Å². The third-order valence-corrected chi connectivity index (χ3v) is 2.99. The molecule has 0 atom stereocenters. The molecule has 2 amide bonds. The molecule has 0 saturated heterocycles. The first-order valence-electron chi connectivity index (χ1n) is 4.19. The predicted octanol–water partition coefficient (Wildman–Crippen LogP) is 1.45. The number of halogens is 1. The van der Waals surface area contributed by atoms with Gasteiger partial charge in [0.2, 0.25) is 5.91 Å². The van der Waals surface area contributed by atoms with E-state index in [0.29, 0.717) is 12.0 Å². The third-order valence-electron chi connectivity index (χ3n) is 2.32. The van der Waals surface area contributed by atoms with Crippen molar-refractivity contribution in [2.45, 2.75) is 6.42 Å². The number of carbonyl (C=O) groups is 2. The smallest absolute Gasteiger partial charge is 0.260 e. The molecule has 0 fully saturated rings. The van der Waals surface area contributed by atoms with Gasteiger partial charge >= 0.3 is 0 Å². The van der Waals surface area contributed by atoms with Crippen LogP contribution in [0.2, 0.25) is 0 Å². The maximum absolute atomic E-state index is 11.7. The summed E-state index contributed by atoms with van der Waals surface area (Å²) in [6.07, 6.45) is 0.328. The summed E-state index contributed by atoms with van der Waals surface area (Å²) in [4.78, 5) is 24.2. The zero-order valence-electron chi connectivity index (χ0n) is 7.58. The van der Waals surface area contributed by atoms with E-state index in [2.05, 4.69) is 22.6 Å². The van der Waals surface area contributed by atoms with Crippen LogP contribution in [-0.4, -0.2) is 23.8 Å². The minimum absolute atomic E-state index is 0.135. The van der Waals surface area contributed by atoms with Crippen molar-refractivity contribution in [1.29, 1.82) is 0 Å². The van der Waals surface area contributed by atoms with Crippen molar-refractivity contribution in [3.63, 3.8) is 0 Å². The van der Waals surface area contributed by atoms with Gasteiger partial charge in [-0.3, -0.25) is 14.5 Å². The van der Waals surface area contributed by atoms with Crippen LogP contribution in [0, 0.1) is 3.57 Å². The lowest BCUT2D eigenvalue weighted by atomic mass is 9.99. The quantitative estimate of drug-likeness (QED) is 0.537. The van der Waals surface area contributed by atoms with Gasteiger partial charge in [-0.05, 0) is 40.3 Å². The fraction of sp³-hybridized carbons (Fsp3) is 0.200. The molecule has 1 aliphatic rings. The Bertz CT molecular complexity index is 428. The van der Waals surface area contributed by atoms with E-state index < -0.39 is 0 Å². The zero-order chi connectivity index (χ0) is 10.3. The molecule has 0 aromatic heterocycles. The molecule has 0 N–H and O–H groups in total. The lowest BCUT2D eigenvalue weighted by Gasteiger charge is -2.22. The monoisotopic (exact) mass is 301 g/mol. The molecule has 0 radical (unpaired) electrons. The number of likely N-dealkylation sites (N-methyl/N-ethyl adjacent to an activating group) is 1. The number of imide groups is 1. The van der Waals surface area contributed by atoms with E-state index >= 15 is 0 Å². The fourth-order valence-electron chi connectivity index (χ4n) is 1.48. The van der Waals surface area contributed by atoms with Gasteiger partial charge in [-0.15, -0.1) is 0 Å². The van der Waals surface area contributed by atoms with Crippen LogP contribution in [0.5, 0.6) is 0 Å². The number of rotatable bonds is 0. The minimum Gasteiger partial charge on any atom is -0.281 e. The van der Waals surface area contributed by atoms with Crippen LogP contribution in [0.1, 0.15) is 15.9 Å². The van der Waals surface area contributed by atoms with Gasteiger partial charge in [0.15, 0.2) is 0 Å². The van der Waals surface area contributed by atoms with Gasteiger partial charge in [-0.25, -0.2) is 0 Å². The van der Waals surface area contributed by atoms with E-state index in [4.69, 9.17) is 0 Å². The van der Waals surface area contributed by atoms with Crippen molar-refractivity contribution < 1.29 is 9.59 Å². The SMILES string of the molecule is CN1C(=O)Cc2ccc(I)cc2C1=O. The number of benzene rings is 1. The van der Waals surface area contributed by atoms with Crippen LogP contribution >= 0.6 is 22.6 Å². The van der Waals surface area contributed by atoms with Gasteiger partial charge in [0.05, 0.1) is 6.42 Å². The summed E-state index contributed by atoms with van der Waals surface area (Å²) in [5, 5.41) is 0. The molecule has 1 heterocycles. The average Bonchev–Trinajstić information content (AvgIpc) is 2.16. The van der Waals surface area contributed by atoms with E-state index in [1.165, 1.54) is 11.9 Å². The minimum atomic E-state index is -0.199.